The second-order valence-electron chi connectivity index (χ2n) is 4.55. The van der Waals surface area contributed by atoms with E-state index in [0.29, 0.717) is 0 Å². The normalized spacial score (nSPS) is 12.3. The number of rotatable bonds is 0. The maximum atomic E-state index is 4.57. The highest BCUT2D eigenvalue weighted by Crippen LogP contribution is 2.31. The van der Waals surface area contributed by atoms with Crippen LogP contribution in [0.3, 0.4) is 0 Å². The zero-order chi connectivity index (χ0) is 11.2. The van der Waals surface area contributed by atoms with Crippen molar-refractivity contribution >= 4 is 37.4 Å². The molecule has 0 aliphatic heterocycles. The van der Waals surface area contributed by atoms with Gasteiger partial charge in [0.05, 0.1) is 5.52 Å². The monoisotopic (exact) mass is 330 g/mol. The summed E-state index contributed by atoms with van der Waals surface area (Å²) in [6.45, 7) is 6.49. The molecule has 0 saturated heterocycles. The quantitative estimate of drug-likeness (QED) is 0.708. The lowest BCUT2D eigenvalue weighted by Gasteiger charge is -2.16. The maximum absolute atomic E-state index is 4.57. The number of imidazole rings is 1. The lowest BCUT2D eigenvalue weighted by atomic mass is 9.96. The van der Waals surface area contributed by atoms with E-state index in [1.807, 2.05) is 18.3 Å². The van der Waals surface area contributed by atoms with Gasteiger partial charge in [0.1, 0.15) is 10.4 Å². The third-order valence-electron chi connectivity index (χ3n) is 2.24. The summed E-state index contributed by atoms with van der Waals surface area (Å²) in [7, 11) is 0. The molecule has 0 unspecified atom stereocenters. The Morgan fingerprint density at radius 1 is 1.27 bits per heavy atom. The highest BCUT2D eigenvalue weighted by molar-refractivity contribution is 9.11. The van der Waals surface area contributed by atoms with Gasteiger partial charge < -0.3 is 4.40 Å². The molecular formula is C11H12Br2N2. The van der Waals surface area contributed by atoms with Crippen LogP contribution in [0.2, 0.25) is 0 Å². The van der Waals surface area contributed by atoms with E-state index in [0.717, 1.165) is 20.4 Å². The van der Waals surface area contributed by atoms with Crippen LogP contribution in [0.4, 0.5) is 0 Å². The summed E-state index contributed by atoms with van der Waals surface area (Å²) in [6.07, 6.45) is 2.04. The number of hydrogen-bond donors (Lipinski definition) is 0. The molecule has 0 spiro atoms. The van der Waals surface area contributed by atoms with Gasteiger partial charge in [-0.05, 0) is 44.0 Å². The maximum Gasteiger partial charge on any atom is 0.133 e. The van der Waals surface area contributed by atoms with Crippen molar-refractivity contribution in [2.24, 2.45) is 0 Å². The second-order valence-corrected chi connectivity index (χ2v) is 6.16. The summed E-state index contributed by atoms with van der Waals surface area (Å²) >= 11 is 7.04. The molecule has 0 aliphatic carbocycles. The SMILES string of the molecule is CC(C)(C)c1nc(Br)c2c(Br)cccn12. The lowest BCUT2D eigenvalue weighted by molar-refractivity contribution is 0.542. The first-order valence-electron chi connectivity index (χ1n) is 4.74. The van der Waals surface area contributed by atoms with Crippen LogP contribution in [0.25, 0.3) is 5.52 Å². The minimum Gasteiger partial charge on any atom is -0.301 e. The number of fused-ring (bicyclic) bond motifs is 1. The zero-order valence-electron chi connectivity index (χ0n) is 8.88. The van der Waals surface area contributed by atoms with Gasteiger partial charge in [-0.1, -0.05) is 20.8 Å². The molecule has 0 amide bonds. The van der Waals surface area contributed by atoms with Crippen molar-refractivity contribution in [3.05, 3.63) is 33.2 Å². The highest BCUT2D eigenvalue weighted by Gasteiger charge is 2.22. The van der Waals surface area contributed by atoms with Crippen molar-refractivity contribution < 1.29 is 0 Å². The van der Waals surface area contributed by atoms with E-state index >= 15 is 0 Å². The van der Waals surface area contributed by atoms with Gasteiger partial charge in [0.25, 0.3) is 0 Å². The molecule has 0 saturated carbocycles. The van der Waals surface area contributed by atoms with Crippen LogP contribution in [0.15, 0.2) is 27.4 Å². The van der Waals surface area contributed by atoms with E-state index in [1.165, 1.54) is 0 Å². The second kappa shape index (κ2) is 3.59. The molecule has 0 fully saturated rings. The third kappa shape index (κ3) is 1.85. The summed E-state index contributed by atoms with van der Waals surface area (Å²) in [5.41, 5.74) is 1.12. The van der Waals surface area contributed by atoms with E-state index in [4.69, 9.17) is 0 Å². The van der Waals surface area contributed by atoms with Crippen molar-refractivity contribution in [2.75, 3.05) is 0 Å². The summed E-state index contributed by atoms with van der Waals surface area (Å²) in [4.78, 5) is 4.57. The third-order valence-corrected chi connectivity index (χ3v) is 3.44. The van der Waals surface area contributed by atoms with Crippen LogP contribution >= 0.6 is 31.9 Å². The largest absolute Gasteiger partial charge is 0.301 e. The average Bonchev–Trinajstić information content (AvgIpc) is 2.44. The standard InChI is InChI=1S/C11H12Br2N2/c1-11(2,3)10-14-9(13)8-7(12)5-4-6-15(8)10/h4-6H,1-3H3. The molecule has 4 heteroatoms. The molecule has 0 aromatic carbocycles. The van der Waals surface area contributed by atoms with Crippen LogP contribution < -0.4 is 0 Å². The van der Waals surface area contributed by atoms with E-state index in [9.17, 15) is 0 Å². The van der Waals surface area contributed by atoms with Crippen molar-refractivity contribution in [3.63, 3.8) is 0 Å². The van der Waals surface area contributed by atoms with E-state index < -0.39 is 0 Å². The van der Waals surface area contributed by atoms with Gasteiger partial charge in [-0.2, -0.15) is 0 Å². The van der Waals surface area contributed by atoms with Crippen molar-refractivity contribution in [3.8, 4) is 0 Å². The first-order chi connectivity index (χ1) is 6.91. The number of halogens is 2. The van der Waals surface area contributed by atoms with Crippen molar-refractivity contribution in [1.29, 1.82) is 0 Å². The lowest BCUT2D eigenvalue weighted by Crippen LogP contribution is -2.15. The number of nitrogens with zero attached hydrogens (tertiary/aromatic N) is 2. The molecule has 2 heterocycles. The van der Waals surface area contributed by atoms with Gasteiger partial charge in [0.2, 0.25) is 0 Å². The summed E-state index contributed by atoms with van der Waals surface area (Å²) in [5.74, 6) is 1.06. The minimum absolute atomic E-state index is 0.0374. The summed E-state index contributed by atoms with van der Waals surface area (Å²) < 4.78 is 4.06. The molecular weight excluding hydrogens is 320 g/mol. The Hall–Kier alpha value is -0.350. The van der Waals surface area contributed by atoms with E-state index in [-0.39, 0.29) is 5.41 Å². The van der Waals surface area contributed by atoms with Crippen LogP contribution in [-0.2, 0) is 5.41 Å². The first kappa shape index (κ1) is 11.1. The topological polar surface area (TPSA) is 17.3 Å². The Morgan fingerprint density at radius 2 is 1.93 bits per heavy atom. The predicted octanol–water partition coefficient (Wildman–Crippen LogP) is 4.16. The van der Waals surface area contributed by atoms with E-state index in [1.54, 1.807) is 0 Å². The number of hydrogen-bond acceptors (Lipinski definition) is 1. The van der Waals surface area contributed by atoms with Gasteiger partial charge in [-0.3, -0.25) is 0 Å². The van der Waals surface area contributed by atoms with Gasteiger partial charge in [-0.15, -0.1) is 0 Å². The van der Waals surface area contributed by atoms with Crippen molar-refractivity contribution in [1.82, 2.24) is 9.38 Å². The molecule has 2 nitrogen and oxygen atoms in total. The fourth-order valence-corrected chi connectivity index (χ4v) is 2.96. The zero-order valence-corrected chi connectivity index (χ0v) is 12.1. The van der Waals surface area contributed by atoms with E-state index in [2.05, 4.69) is 62.0 Å². The predicted molar refractivity (Wildman–Crippen MR) is 69.3 cm³/mol. The molecule has 0 atom stereocenters. The van der Waals surface area contributed by atoms with Gasteiger partial charge >= 0.3 is 0 Å². The average molecular weight is 332 g/mol. The molecule has 0 bridgehead atoms. The summed E-state index contributed by atoms with van der Waals surface area (Å²) in [5, 5.41) is 0. The minimum atomic E-state index is 0.0374. The number of aromatic nitrogens is 2. The molecule has 2 aromatic rings. The Labute approximate surface area is 106 Å². The Balaban J connectivity index is 2.85. The van der Waals surface area contributed by atoms with Crippen LogP contribution in [0, 0.1) is 0 Å². The fraction of sp³-hybridized carbons (Fsp3) is 0.364. The van der Waals surface area contributed by atoms with Gasteiger partial charge in [0.15, 0.2) is 0 Å². The van der Waals surface area contributed by atoms with Gasteiger partial charge in [-0.25, -0.2) is 4.98 Å². The Bertz CT molecular complexity index is 509. The van der Waals surface area contributed by atoms with Crippen LogP contribution in [0.1, 0.15) is 26.6 Å². The molecule has 0 N–H and O–H groups in total. The van der Waals surface area contributed by atoms with Crippen LogP contribution in [-0.4, -0.2) is 9.38 Å². The Morgan fingerprint density at radius 3 is 2.53 bits per heavy atom. The number of pyridine rings is 1. The molecule has 0 radical (unpaired) electrons. The fourth-order valence-electron chi connectivity index (χ4n) is 1.59. The molecule has 15 heavy (non-hydrogen) atoms. The molecule has 0 aliphatic rings. The highest BCUT2D eigenvalue weighted by atomic mass is 79.9. The molecule has 2 aromatic heterocycles. The van der Waals surface area contributed by atoms with Crippen molar-refractivity contribution in [2.45, 2.75) is 26.2 Å². The first-order valence-corrected chi connectivity index (χ1v) is 6.32. The molecule has 80 valence electrons. The Kier molecular flexibility index (Phi) is 2.67. The van der Waals surface area contributed by atoms with Crippen LogP contribution in [0.5, 0.6) is 0 Å². The van der Waals surface area contributed by atoms with Gasteiger partial charge in [0, 0.05) is 16.1 Å². The molecule has 2 rings (SSSR count). The summed E-state index contributed by atoms with van der Waals surface area (Å²) in [6, 6.07) is 4.04. The smallest absolute Gasteiger partial charge is 0.133 e.